The van der Waals surface area contributed by atoms with Crippen LogP contribution in [-0.2, 0) is 4.79 Å². The summed E-state index contributed by atoms with van der Waals surface area (Å²) in [7, 11) is 7.18. The number of hydrogen-bond donors (Lipinski definition) is 0. The molecular weight excluding hydrogens is 368 g/mol. The first-order chi connectivity index (χ1) is 14.0. The molecule has 0 aliphatic carbocycles. The van der Waals surface area contributed by atoms with Crippen LogP contribution in [0.1, 0.15) is 37.8 Å². The minimum atomic E-state index is 0.215. The summed E-state index contributed by atoms with van der Waals surface area (Å²) >= 11 is 0. The fraction of sp³-hybridized carbons (Fsp3) is 0.500. The predicted molar refractivity (Wildman–Crippen MR) is 114 cm³/mol. The van der Waals surface area contributed by atoms with Gasteiger partial charge in [0.2, 0.25) is 11.9 Å². The van der Waals surface area contributed by atoms with Crippen molar-refractivity contribution in [1.82, 2.24) is 14.9 Å². The van der Waals surface area contributed by atoms with Crippen LogP contribution in [0.5, 0.6) is 11.5 Å². The molecule has 1 aliphatic rings. The van der Waals surface area contributed by atoms with Crippen molar-refractivity contribution in [2.75, 3.05) is 46.3 Å². The van der Waals surface area contributed by atoms with Gasteiger partial charge in [0.05, 0.1) is 25.5 Å². The molecule has 156 valence electrons. The maximum absolute atomic E-state index is 12.1. The number of carbonyl (C=O) groups is 1. The summed E-state index contributed by atoms with van der Waals surface area (Å²) in [6.45, 7) is 3.41. The molecule has 29 heavy (non-hydrogen) atoms. The van der Waals surface area contributed by atoms with Crippen molar-refractivity contribution in [2.45, 2.75) is 32.1 Å². The highest BCUT2D eigenvalue weighted by Crippen LogP contribution is 2.43. The monoisotopic (exact) mass is 398 g/mol. The van der Waals surface area contributed by atoms with Crippen LogP contribution < -0.4 is 14.4 Å². The maximum atomic E-state index is 12.1. The van der Waals surface area contributed by atoms with Crippen molar-refractivity contribution in [1.29, 1.82) is 0 Å². The van der Waals surface area contributed by atoms with E-state index in [2.05, 4.69) is 4.98 Å². The van der Waals surface area contributed by atoms with Crippen LogP contribution in [0, 0.1) is 0 Å². The number of hydrogen-bond acceptors (Lipinski definition) is 6. The van der Waals surface area contributed by atoms with E-state index < -0.39 is 0 Å². The van der Waals surface area contributed by atoms with Crippen LogP contribution in [0.25, 0.3) is 11.1 Å². The molecular formula is C22H30N4O3. The normalized spacial score (nSPS) is 14.6. The molecule has 0 spiro atoms. The number of carbonyl (C=O) groups excluding carboxylic acids is 1. The lowest BCUT2D eigenvalue weighted by molar-refractivity contribution is -0.131. The average Bonchev–Trinajstić information content (AvgIpc) is 2.77. The van der Waals surface area contributed by atoms with E-state index in [9.17, 15) is 4.79 Å². The summed E-state index contributed by atoms with van der Waals surface area (Å²) < 4.78 is 11.3. The summed E-state index contributed by atoms with van der Waals surface area (Å²) in [5.74, 6) is 2.58. The molecule has 0 bridgehead atoms. The number of rotatable bonds is 6. The summed E-state index contributed by atoms with van der Waals surface area (Å²) in [5, 5.41) is 0. The minimum absolute atomic E-state index is 0.215. The van der Waals surface area contributed by atoms with Crippen molar-refractivity contribution in [3.63, 3.8) is 0 Å². The third-order valence-electron chi connectivity index (χ3n) is 5.44. The Labute approximate surface area is 172 Å². The molecule has 1 amide bonds. The number of amides is 1. The number of benzene rings is 1. The molecule has 3 rings (SSSR count). The Morgan fingerprint density at radius 2 is 1.79 bits per heavy atom. The maximum Gasteiger partial charge on any atom is 0.225 e. The lowest BCUT2D eigenvalue weighted by Gasteiger charge is -2.32. The highest BCUT2D eigenvalue weighted by atomic mass is 16.5. The second-order valence-electron chi connectivity index (χ2n) is 7.41. The highest BCUT2D eigenvalue weighted by Gasteiger charge is 2.28. The Morgan fingerprint density at radius 3 is 2.31 bits per heavy atom. The molecule has 1 saturated heterocycles. The molecule has 0 saturated carbocycles. The van der Waals surface area contributed by atoms with Gasteiger partial charge < -0.3 is 19.3 Å². The minimum Gasteiger partial charge on any atom is -0.496 e. The third kappa shape index (κ3) is 4.28. The van der Waals surface area contributed by atoms with Gasteiger partial charge in [0, 0.05) is 51.3 Å². The highest BCUT2D eigenvalue weighted by molar-refractivity contribution is 5.79. The number of aromatic nitrogens is 2. The number of anilines is 1. The number of nitrogens with zero attached hydrogens (tertiary/aromatic N) is 4. The molecule has 0 unspecified atom stereocenters. The van der Waals surface area contributed by atoms with Gasteiger partial charge in [-0.25, -0.2) is 9.97 Å². The van der Waals surface area contributed by atoms with E-state index in [1.165, 1.54) is 0 Å². The van der Waals surface area contributed by atoms with Crippen LogP contribution in [-0.4, -0.2) is 62.2 Å². The quantitative estimate of drug-likeness (QED) is 0.743. The second kappa shape index (κ2) is 9.11. The van der Waals surface area contributed by atoms with Crippen molar-refractivity contribution >= 4 is 11.9 Å². The molecule has 1 aliphatic heterocycles. The molecule has 7 heteroatoms. The molecule has 1 aromatic heterocycles. The molecule has 0 atom stereocenters. The third-order valence-corrected chi connectivity index (χ3v) is 5.44. The van der Waals surface area contributed by atoms with Crippen molar-refractivity contribution in [3.05, 3.63) is 30.1 Å². The van der Waals surface area contributed by atoms with Gasteiger partial charge in [0.15, 0.2) is 0 Å². The van der Waals surface area contributed by atoms with Gasteiger partial charge in [-0.05, 0) is 25.0 Å². The summed E-state index contributed by atoms with van der Waals surface area (Å²) in [4.78, 5) is 25.4. The Hall–Kier alpha value is -2.83. The lowest BCUT2D eigenvalue weighted by Crippen LogP contribution is -2.37. The van der Waals surface area contributed by atoms with E-state index in [-0.39, 0.29) is 11.8 Å². The van der Waals surface area contributed by atoms with Gasteiger partial charge in [-0.3, -0.25) is 4.79 Å². The van der Waals surface area contributed by atoms with Crippen molar-refractivity contribution in [2.24, 2.45) is 0 Å². The average molecular weight is 399 g/mol. The Bertz CT molecular complexity index is 839. The van der Waals surface area contributed by atoms with Gasteiger partial charge in [0.25, 0.3) is 0 Å². The number of ether oxygens (including phenoxy) is 2. The molecule has 1 fully saturated rings. The number of likely N-dealkylation sites (tertiary alicyclic amines) is 1. The zero-order valence-corrected chi connectivity index (χ0v) is 17.9. The fourth-order valence-electron chi connectivity index (χ4n) is 3.85. The molecule has 0 radical (unpaired) electrons. The Kier molecular flexibility index (Phi) is 6.56. The number of methoxy groups -OCH3 is 2. The molecule has 0 N–H and O–H groups in total. The first-order valence-electron chi connectivity index (χ1n) is 10.0. The van der Waals surface area contributed by atoms with Crippen LogP contribution >= 0.6 is 0 Å². The summed E-state index contributed by atoms with van der Waals surface area (Å²) in [6, 6.07) is 5.75. The summed E-state index contributed by atoms with van der Waals surface area (Å²) in [6.07, 6.45) is 4.16. The smallest absolute Gasteiger partial charge is 0.225 e. The van der Waals surface area contributed by atoms with Crippen LogP contribution in [0.3, 0.4) is 0 Å². The van der Waals surface area contributed by atoms with E-state index in [1.807, 2.05) is 55.2 Å². The lowest BCUT2D eigenvalue weighted by atomic mass is 9.88. The zero-order chi connectivity index (χ0) is 21.0. The zero-order valence-electron chi connectivity index (χ0n) is 17.9. The molecule has 2 heterocycles. The van der Waals surface area contributed by atoms with E-state index in [4.69, 9.17) is 14.5 Å². The molecule has 7 nitrogen and oxygen atoms in total. The Morgan fingerprint density at radius 1 is 1.17 bits per heavy atom. The van der Waals surface area contributed by atoms with Gasteiger partial charge >= 0.3 is 0 Å². The van der Waals surface area contributed by atoms with Gasteiger partial charge in [-0.2, -0.15) is 0 Å². The molecule has 2 aromatic rings. The predicted octanol–water partition coefficient (Wildman–Crippen LogP) is 3.34. The van der Waals surface area contributed by atoms with E-state index in [1.54, 1.807) is 14.2 Å². The van der Waals surface area contributed by atoms with Crippen LogP contribution in [0.4, 0.5) is 5.95 Å². The van der Waals surface area contributed by atoms with Gasteiger partial charge in [-0.15, -0.1) is 0 Å². The van der Waals surface area contributed by atoms with Crippen LogP contribution in [0.15, 0.2) is 24.4 Å². The first-order valence-corrected chi connectivity index (χ1v) is 10.0. The van der Waals surface area contributed by atoms with E-state index in [0.29, 0.717) is 12.4 Å². The van der Waals surface area contributed by atoms with Crippen molar-refractivity contribution in [3.8, 4) is 22.6 Å². The Balaban J connectivity index is 2.06. The second-order valence-corrected chi connectivity index (χ2v) is 7.41. The standard InChI is InChI=1S/C22H30N4O3/c1-6-19(27)26-12-10-15(11-13-26)21-16(14-23-22(24-21)25(2)3)20-17(28-4)8-7-9-18(20)29-5/h7-9,14-15H,6,10-13H2,1-5H3. The van der Waals surface area contributed by atoms with Gasteiger partial charge in [0.1, 0.15) is 11.5 Å². The van der Waals surface area contributed by atoms with E-state index >= 15 is 0 Å². The number of piperidine rings is 1. The largest absolute Gasteiger partial charge is 0.496 e. The van der Waals surface area contributed by atoms with Gasteiger partial charge in [-0.1, -0.05) is 13.0 Å². The molecule has 1 aromatic carbocycles. The fourth-order valence-corrected chi connectivity index (χ4v) is 3.85. The SMILES string of the molecule is CCC(=O)N1CCC(c2nc(N(C)C)ncc2-c2c(OC)cccc2OC)CC1. The van der Waals surface area contributed by atoms with Crippen LogP contribution in [0.2, 0.25) is 0 Å². The topological polar surface area (TPSA) is 67.8 Å². The van der Waals surface area contributed by atoms with E-state index in [0.717, 1.165) is 54.3 Å². The van der Waals surface area contributed by atoms with Crippen molar-refractivity contribution < 1.29 is 14.3 Å². The first kappa shape index (κ1) is 20.9. The summed E-state index contributed by atoms with van der Waals surface area (Å²) in [5.41, 5.74) is 2.77.